The minimum Gasteiger partial charge on any atom is -0.464 e. The van der Waals surface area contributed by atoms with Crippen molar-refractivity contribution < 1.29 is 57.4 Å². The minimum atomic E-state index is -1.38. The van der Waals surface area contributed by atoms with E-state index in [-0.39, 0.29) is 41.4 Å². The van der Waals surface area contributed by atoms with Gasteiger partial charge in [-0.1, -0.05) is 32.9 Å². The van der Waals surface area contributed by atoms with Crippen LogP contribution in [0.2, 0.25) is 0 Å². The molecule has 2 fully saturated rings. The van der Waals surface area contributed by atoms with Crippen LogP contribution in [0.25, 0.3) is 0 Å². The van der Waals surface area contributed by atoms with Crippen molar-refractivity contribution in [3.05, 3.63) is 79.9 Å². The van der Waals surface area contributed by atoms with Gasteiger partial charge in [0.1, 0.15) is 18.6 Å². The van der Waals surface area contributed by atoms with E-state index in [0.29, 0.717) is 19.5 Å². The van der Waals surface area contributed by atoms with Gasteiger partial charge in [0.2, 0.25) is 0 Å². The summed E-state index contributed by atoms with van der Waals surface area (Å²) in [6.07, 6.45) is -4.34. The molecule has 0 amide bonds. The summed E-state index contributed by atoms with van der Waals surface area (Å²) in [4.78, 5) is 80.6. The number of carbonyl (C=O) groups excluding carboxylic acids is 4. The molecular formula is C42H58N4O14. The number of likely N-dealkylation sites (N-methyl/N-ethyl adjacent to an activating group) is 2. The summed E-state index contributed by atoms with van der Waals surface area (Å²) in [7, 11) is 6.86. The van der Waals surface area contributed by atoms with E-state index in [4.69, 9.17) is 28.4 Å². The second-order valence-electron chi connectivity index (χ2n) is 16.5. The van der Waals surface area contributed by atoms with E-state index in [1.165, 1.54) is 50.4 Å². The third-order valence-corrected chi connectivity index (χ3v) is 11.5. The van der Waals surface area contributed by atoms with Crippen molar-refractivity contribution in [1.82, 2.24) is 9.80 Å². The van der Waals surface area contributed by atoms with Crippen molar-refractivity contribution in [3.63, 3.8) is 0 Å². The summed E-state index contributed by atoms with van der Waals surface area (Å²) in [5, 5.41) is 23.0. The van der Waals surface area contributed by atoms with Gasteiger partial charge in [0, 0.05) is 56.3 Å². The number of non-ortho nitro benzene ring substituents is 2. The van der Waals surface area contributed by atoms with Gasteiger partial charge in [0.25, 0.3) is 11.4 Å². The number of ketones is 1. The van der Waals surface area contributed by atoms with Crippen LogP contribution in [0.4, 0.5) is 11.4 Å². The number of cyclic esters (lactones) is 1. The largest absolute Gasteiger partial charge is 0.464 e. The van der Waals surface area contributed by atoms with E-state index in [1.807, 2.05) is 37.6 Å². The van der Waals surface area contributed by atoms with Crippen molar-refractivity contribution >= 4 is 35.1 Å². The third kappa shape index (κ3) is 11.7. The van der Waals surface area contributed by atoms with E-state index in [1.54, 1.807) is 27.9 Å². The molecule has 60 heavy (non-hydrogen) atoms. The lowest BCUT2D eigenvalue weighted by Crippen LogP contribution is -2.60. The number of benzene rings is 2. The molecule has 2 aromatic rings. The standard InChI is InChI=1S/C42H58N4O14/c1-24-22-42(6,55-10)37(60-41-36(33(43(7)8)19-26(3)57-41)59-40(50)30-14-12-16-32(21-30)46(53)54)27(4)34(47)28(5)38(48)56-18-17-44(9)23-25(2)35(24)58-39(49)29-13-11-15-31(20-29)45(51)52/h11-16,20-21,24-28,33,35-37,41H,17-19,22-23H2,1-10H3/t24-,25-,26-,27+,28-,33+,35+,36-,37-,41+,42-/m1/s1. The molecule has 0 radical (unpaired) electrons. The van der Waals surface area contributed by atoms with Crippen molar-refractivity contribution in [3.8, 4) is 0 Å². The molecule has 0 aromatic heterocycles. The number of nitro groups is 2. The Kier molecular flexibility index (Phi) is 16.4. The van der Waals surface area contributed by atoms with Gasteiger partial charge < -0.3 is 38.2 Å². The van der Waals surface area contributed by atoms with E-state index in [2.05, 4.69) is 0 Å². The first kappa shape index (κ1) is 47.8. The van der Waals surface area contributed by atoms with Crippen LogP contribution in [0.3, 0.4) is 0 Å². The second kappa shape index (κ2) is 20.6. The van der Waals surface area contributed by atoms with Crippen molar-refractivity contribution in [2.24, 2.45) is 23.7 Å². The van der Waals surface area contributed by atoms with Crippen molar-refractivity contribution in [2.45, 2.75) is 96.7 Å². The Morgan fingerprint density at radius 2 is 1.43 bits per heavy atom. The summed E-state index contributed by atoms with van der Waals surface area (Å²) in [6, 6.07) is 9.92. The summed E-state index contributed by atoms with van der Waals surface area (Å²) in [5.74, 6) is -5.97. The fourth-order valence-corrected chi connectivity index (χ4v) is 8.21. The molecule has 0 N–H and O–H groups in total. The monoisotopic (exact) mass is 842 g/mol. The summed E-state index contributed by atoms with van der Waals surface area (Å²) in [5.41, 5.74) is -2.03. The first-order valence-electron chi connectivity index (χ1n) is 20.0. The average Bonchev–Trinajstić information content (AvgIpc) is 3.20. The van der Waals surface area contributed by atoms with Gasteiger partial charge in [-0.15, -0.1) is 0 Å². The maximum atomic E-state index is 14.3. The zero-order valence-corrected chi connectivity index (χ0v) is 35.9. The number of methoxy groups -OCH3 is 1. The molecule has 0 spiro atoms. The van der Waals surface area contributed by atoms with Gasteiger partial charge in [-0.05, 0) is 72.8 Å². The molecule has 2 aliphatic heterocycles. The highest BCUT2D eigenvalue weighted by molar-refractivity contribution is 6.00. The highest BCUT2D eigenvalue weighted by atomic mass is 16.7. The lowest BCUT2D eigenvalue weighted by molar-refractivity contribution is -0.385. The number of rotatable bonds is 10. The molecule has 18 heteroatoms. The normalized spacial score (nSPS) is 31.3. The quantitative estimate of drug-likeness (QED) is 0.0999. The maximum absolute atomic E-state index is 14.3. The van der Waals surface area contributed by atoms with Gasteiger partial charge in [-0.3, -0.25) is 29.8 Å². The SMILES string of the molecule is CO[C@]1(C)C[C@@H](C)[C@H](OC(=O)c2cccc([N+](=O)[O-])c2)[C@H](C)CN(C)CCOC(=O)[C@H](C)C(=O)[C@H](C)[C@H]1O[C@@H]1O[C@H](C)C[C@H](N(C)C)[C@H]1OC(=O)c1cccc([N+](=O)[O-])c1. The van der Waals surface area contributed by atoms with Crippen LogP contribution in [0, 0.1) is 43.9 Å². The number of hydrogen-bond donors (Lipinski definition) is 0. The van der Waals surface area contributed by atoms with Crippen molar-refractivity contribution in [1.29, 1.82) is 0 Å². The molecule has 330 valence electrons. The lowest BCUT2D eigenvalue weighted by Gasteiger charge is -2.48. The Labute approximate surface area is 350 Å². The number of Topliss-reactive ketones (excluding diaryl/α,β-unsaturated/α-hetero) is 1. The molecule has 2 heterocycles. The number of esters is 3. The van der Waals surface area contributed by atoms with Crippen LogP contribution in [0.5, 0.6) is 0 Å². The Morgan fingerprint density at radius 1 is 0.883 bits per heavy atom. The lowest BCUT2D eigenvalue weighted by atomic mass is 9.76. The highest BCUT2D eigenvalue weighted by Gasteiger charge is 2.51. The average molecular weight is 843 g/mol. The van der Waals surface area contributed by atoms with E-state index in [9.17, 15) is 39.4 Å². The van der Waals surface area contributed by atoms with Gasteiger partial charge in [-0.25, -0.2) is 9.59 Å². The van der Waals surface area contributed by atoms with Crippen LogP contribution in [-0.4, -0.2) is 134 Å². The van der Waals surface area contributed by atoms with E-state index in [0.717, 1.165) is 12.1 Å². The van der Waals surface area contributed by atoms with Crippen LogP contribution >= 0.6 is 0 Å². The Bertz CT molecular complexity index is 1880. The van der Waals surface area contributed by atoms with Crippen LogP contribution in [-0.2, 0) is 38.0 Å². The Hall–Kier alpha value is -4.88. The van der Waals surface area contributed by atoms with Crippen LogP contribution < -0.4 is 0 Å². The predicted molar refractivity (Wildman–Crippen MR) is 216 cm³/mol. The second-order valence-corrected chi connectivity index (χ2v) is 16.5. The molecular weight excluding hydrogens is 784 g/mol. The number of hydrogen-bond acceptors (Lipinski definition) is 16. The first-order valence-corrected chi connectivity index (χ1v) is 20.0. The Morgan fingerprint density at radius 3 is 1.95 bits per heavy atom. The molecule has 4 rings (SSSR count). The molecule has 11 atom stereocenters. The predicted octanol–water partition coefficient (Wildman–Crippen LogP) is 5.10. The summed E-state index contributed by atoms with van der Waals surface area (Å²) < 4.78 is 37.3. The molecule has 0 aliphatic carbocycles. The van der Waals surface area contributed by atoms with Crippen LogP contribution in [0.1, 0.15) is 75.1 Å². The summed E-state index contributed by atoms with van der Waals surface area (Å²) >= 11 is 0. The fourth-order valence-electron chi connectivity index (χ4n) is 8.21. The van der Waals surface area contributed by atoms with E-state index < -0.39 is 93.6 Å². The van der Waals surface area contributed by atoms with Crippen LogP contribution in [0.15, 0.2) is 48.5 Å². The van der Waals surface area contributed by atoms with Gasteiger partial charge in [0.15, 0.2) is 18.2 Å². The zero-order valence-electron chi connectivity index (χ0n) is 35.9. The molecule has 2 aromatic carbocycles. The topological polar surface area (TPSA) is 216 Å². The summed E-state index contributed by atoms with van der Waals surface area (Å²) in [6.45, 7) is 11.1. The number of carbonyl (C=O) groups is 4. The molecule has 2 aliphatic rings. The minimum absolute atomic E-state index is 0.00612. The van der Waals surface area contributed by atoms with Gasteiger partial charge >= 0.3 is 17.9 Å². The highest BCUT2D eigenvalue weighted by Crippen LogP contribution is 2.39. The maximum Gasteiger partial charge on any atom is 0.338 e. The van der Waals surface area contributed by atoms with E-state index >= 15 is 0 Å². The molecule has 0 saturated carbocycles. The smallest absolute Gasteiger partial charge is 0.338 e. The molecule has 0 bridgehead atoms. The Balaban J connectivity index is 1.79. The number of ether oxygens (including phenoxy) is 6. The van der Waals surface area contributed by atoms with Gasteiger partial charge in [0.05, 0.1) is 44.8 Å². The molecule has 2 saturated heterocycles. The third-order valence-electron chi connectivity index (χ3n) is 11.5. The van der Waals surface area contributed by atoms with Crippen molar-refractivity contribution in [2.75, 3.05) is 47.9 Å². The molecule has 0 unspecified atom stereocenters. The molecule has 18 nitrogen and oxygen atoms in total. The number of nitro benzene ring substituents is 2. The fraction of sp³-hybridized carbons (Fsp3) is 0.619. The van der Waals surface area contributed by atoms with Gasteiger partial charge in [-0.2, -0.15) is 0 Å². The zero-order chi connectivity index (χ0) is 44.6. The first-order chi connectivity index (χ1) is 28.2. The number of nitrogens with zero attached hydrogens (tertiary/aromatic N) is 4.